The smallest absolute Gasteiger partial charge is 0.490 e. The van der Waals surface area contributed by atoms with Crippen LogP contribution in [0.5, 0.6) is 11.5 Å². The van der Waals surface area contributed by atoms with Crippen LogP contribution in [0.25, 0.3) is 21.5 Å². The van der Waals surface area contributed by atoms with E-state index in [1.165, 1.54) is 58.3 Å². The predicted molar refractivity (Wildman–Crippen MR) is 353 cm³/mol. The van der Waals surface area contributed by atoms with Gasteiger partial charge in [0.2, 0.25) is 0 Å². The normalized spacial score (nSPS) is 22.0. The number of aliphatic carboxylic acids is 2. The fourth-order valence-electron chi connectivity index (χ4n) is 13.9. The number of hydrogen-bond acceptors (Lipinski definition) is 12. The van der Waals surface area contributed by atoms with Crippen molar-refractivity contribution >= 4 is 89.0 Å². The van der Waals surface area contributed by atoms with Gasteiger partial charge in [0.15, 0.2) is 24.3 Å². The van der Waals surface area contributed by atoms with Gasteiger partial charge in [-0.1, -0.05) is 92.5 Å². The number of nitrogens with zero attached hydrogens (tertiary/aromatic N) is 2. The van der Waals surface area contributed by atoms with E-state index >= 15 is 17.6 Å². The molecule has 540 valence electrons. The number of carbonyl (C=O) groups is 6. The molecule has 4 unspecified atom stereocenters. The summed E-state index contributed by atoms with van der Waals surface area (Å²) < 4.78 is 141. The number of amides is 4. The Morgan fingerprint density at radius 3 is 1.01 bits per heavy atom. The lowest BCUT2D eigenvalue weighted by molar-refractivity contribution is -0.193. The fourth-order valence-corrected chi connectivity index (χ4v) is 14.4. The second-order valence-electron chi connectivity index (χ2n) is 25.9. The molecule has 12 rings (SSSR count). The van der Waals surface area contributed by atoms with Crippen LogP contribution in [0.3, 0.4) is 0 Å². The SMILES string of the molecule is NC1CC2CCC(C1)N2C(=O)[C@@H](NC(=O)[C@@H](O)c1ccc2cc(OC3CCCC3)ccc2c1)C(F)(F)c1ccc(Br)cc1.NC1CC2CCC(C1)N2C(=O)[C@H](NC(=O)[C@H](O)c1ccc2cc(OC3CCCC3)ccc2c1)C(F)(F)c1ccc(Br)cc1.O=C(O)C(F)(F)F.O=C(O)C(F)(F)F. The summed E-state index contributed by atoms with van der Waals surface area (Å²) >= 11 is 6.51. The third kappa shape index (κ3) is 18.7. The molecule has 4 saturated heterocycles. The Hall–Kier alpha value is -7.64. The zero-order chi connectivity index (χ0) is 72.8. The van der Waals surface area contributed by atoms with Crippen molar-refractivity contribution in [1.29, 1.82) is 0 Å². The molecule has 0 aromatic heterocycles. The van der Waals surface area contributed by atoms with Gasteiger partial charge in [-0.2, -0.15) is 43.9 Å². The Morgan fingerprint density at radius 1 is 0.440 bits per heavy atom. The largest absolute Gasteiger partial charge is 0.490 e. The quantitative estimate of drug-likeness (QED) is 0.0419. The monoisotopic (exact) mass is 1540 g/mol. The molecule has 6 fully saturated rings. The van der Waals surface area contributed by atoms with Crippen LogP contribution in [0.15, 0.2) is 130 Å². The molecule has 10 N–H and O–H groups in total. The summed E-state index contributed by atoms with van der Waals surface area (Å²) in [6.45, 7) is 0. The Kier molecular flexibility index (Phi) is 24.6. The molecule has 100 heavy (non-hydrogen) atoms. The Bertz CT molecular complexity index is 3630. The highest BCUT2D eigenvalue weighted by molar-refractivity contribution is 9.10. The van der Waals surface area contributed by atoms with Gasteiger partial charge < -0.3 is 61.8 Å². The zero-order valence-corrected chi connectivity index (χ0v) is 56.6. The first-order valence-corrected chi connectivity index (χ1v) is 34.1. The molecule has 0 spiro atoms. The molecule has 0 radical (unpaired) electrons. The molecule has 8 atom stereocenters. The predicted octanol–water partition coefficient (Wildman–Crippen LogP) is 12.7. The van der Waals surface area contributed by atoms with Gasteiger partial charge in [-0.25, -0.2) is 9.59 Å². The number of carboxylic acid groups (broad SMARTS) is 2. The lowest BCUT2D eigenvalue weighted by Gasteiger charge is -2.41. The second kappa shape index (κ2) is 32.1. The van der Waals surface area contributed by atoms with Crippen molar-refractivity contribution in [1.82, 2.24) is 20.4 Å². The van der Waals surface area contributed by atoms with E-state index in [4.69, 9.17) is 40.7 Å². The minimum absolute atomic E-state index is 0.0957. The van der Waals surface area contributed by atoms with E-state index in [-0.39, 0.29) is 59.6 Å². The summed E-state index contributed by atoms with van der Waals surface area (Å²) in [4.78, 5) is 75.3. The summed E-state index contributed by atoms with van der Waals surface area (Å²) in [7, 11) is 0. The zero-order valence-electron chi connectivity index (χ0n) is 53.4. The fraction of sp³-hybridized carbons (Fsp3) is 0.457. The standard InChI is InChI=1S/2C33H36BrF2N3O4.2C2HF3O2/c2*34-23-10-8-22(9-11-23)33(35,36)30(32(42)39-25-12-13-26(39)18-24(37)17-25)38-31(41)29(40)21-6-5-20-16-28(14-7-19(20)15-21)43-27-3-1-2-4-27;2*3-2(4,5)1(6)7/h2*5-11,14-16,24-27,29-30,40H,1-4,12-13,17-18,37H2,(H,38,41);2*(H,6,7)/t2*24?,25?,26?,29-,30+;;/m10../s1. The molecule has 30 heteroatoms. The Morgan fingerprint density at radius 2 is 0.720 bits per heavy atom. The molecular formula is C70H74Br2F10N6O12. The molecule has 6 aromatic carbocycles. The molecule has 2 saturated carbocycles. The Labute approximate surface area is 584 Å². The van der Waals surface area contributed by atoms with Crippen LogP contribution in [0.2, 0.25) is 0 Å². The molecule has 2 aliphatic carbocycles. The third-order valence-electron chi connectivity index (χ3n) is 18.8. The molecule has 6 aromatic rings. The van der Waals surface area contributed by atoms with Crippen LogP contribution in [0.4, 0.5) is 43.9 Å². The van der Waals surface area contributed by atoms with Gasteiger partial charge in [0.05, 0.1) is 12.2 Å². The number of carboxylic acids is 2. The first kappa shape index (κ1) is 76.5. The van der Waals surface area contributed by atoms with Crippen LogP contribution in [-0.2, 0) is 40.6 Å². The lowest BCUT2D eigenvalue weighted by atomic mass is 9.94. The van der Waals surface area contributed by atoms with Crippen molar-refractivity contribution in [3.05, 3.63) is 153 Å². The average Bonchev–Trinajstić information content (AvgIpc) is 1.44. The van der Waals surface area contributed by atoms with Crippen LogP contribution >= 0.6 is 31.9 Å². The molecule has 4 amide bonds. The van der Waals surface area contributed by atoms with E-state index in [2.05, 4.69) is 42.5 Å². The van der Waals surface area contributed by atoms with E-state index in [9.17, 15) is 55.7 Å². The van der Waals surface area contributed by atoms with Gasteiger partial charge in [-0.3, -0.25) is 19.2 Å². The highest BCUT2D eigenvalue weighted by Crippen LogP contribution is 2.43. The highest BCUT2D eigenvalue weighted by atomic mass is 79.9. The average molecular weight is 1540 g/mol. The molecule has 6 aliphatic rings. The molecular weight excluding hydrogens is 1470 g/mol. The number of ether oxygens (including phenoxy) is 2. The molecule has 18 nitrogen and oxygen atoms in total. The summed E-state index contributed by atoms with van der Waals surface area (Å²) in [5, 5.41) is 44.1. The van der Waals surface area contributed by atoms with Gasteiger partial charge in [0, 0.05) is 56.3 Å². The van der Waals surface area contributed by atoms with Gasteiger partial charge in [-0.15, -0.1) is 0 Å². The van der Waals surface area contributed by atoms with Crippen molar-refractivity contribution in [2.75, 3.05) is 0 Å². The minimum atomic E-state index is -5.08. The van der Waals surface area contributed by atoms with Crippen molar-refractivity contribution in [3.63, 3.8) is 0 Å². The van der Waals surface area contributed by atoms with Crippen molar-refractivity contribution in [2.45, 2.75) is 200 Å². The second-order valence-corrected chi connectivity index (χ2v) is 27.7. The summed E-state index contributed by atoms with van der Waals surface area (Å²) in [5.41, 5.74) is 12.0. The Balaban J connectivity index is 0.000000196. The summed E-state index contributed by atoms with van der Waals surface area (Å²) in [5.74, 6) is -15.4. The number of alkyl halides is 10. The van der Waals surface area contributed by atoms with Gasteiger partial charge in [0.25, 0.3) is 23.6 Å². The van der Waals surface area contributed by atoms with Crippen molar-refractivity contribution in [3.8, 4) is 11.5 Å². The number of fused-ring (bicyclic) bond motifs is 6. The maximum atomic E-state index is 16.1. The lowest BCUT2D eigenvalue weighted by Crippen LogP contribution is -2.61. The van der Waals surface area contributed by atoms with E-state index in [0.29, 0.717) is 60.3 Å². The maximum Gasteiger partial charge on any atom is 0.490 e. The van der Waals surface area contributed by atoms with E-state index < -0.39 is 95.2 Å². The van der Waals surface area contributed by atoms with Crippen LogP contribution in [0.1, 0.15) is 137 Å². The topological polar surface area (TPSA) is 284 Å². The number of aliphatic hydroxyl groups excluding tert-OH is 2. The summed E-state index contributed by atoms with van der Waals surface area (Å²) in [6, 6.07) is 26.3. The van der Waals surface area contributed by atoms with E-state index in [1.54, 1.807) is 36.4 Å². The van der Waals surface area contributed by atoms with E-state index in [0.717, 1.165) is 84.4 Å². The number of carbonyl (C=O) groups excluding carboxylic acids is 4. The van der Waals surface area contributed by atoms with Crippen molar-refractivity contribution < 1.29 is 103 Å². The minimum Gasteiger partial charge on any atom is -0.490 e. The molecule has 4 aliphatic heterocycles. The number of rotatable bonds is 16. The number of nitrogens with two attached hydrogens (primary N) is 2. The first-order chi connectivity index (χ1) is 47.1. The maximum absolute atomic E-state index is 16.1. The number of nitrogens with one attached hydrogen (secondary N) is 2. The van der Waals surface area contributed by atoms with Crippen LogP contribution < -0.4 is 31.6 Å². The number of aliphatic hydroxyl groups is 2. The van der Waals surface area contributed by atoms with Gasteiger partial charge in [0.1, 0.15) is 11.5 Å². The number of piperidine rings is 2. The van der Waals surface area contributed by atoms with Crippen molar-refractivity contribution in [2.24, 2.45) is 11.5 Å². The van der Waals surface area contributed by atoms with Crippen LogP contribution in [-0.4, -0.2) is 139 Å². The summed E-state index contributed by atoms with van der Waals surface area (Å²) in [6.07, 6.45) is 0.375. The highest BCUT2D eigenvalue weighted by Gasteiger charge is 2.55. The first-order valence-electron chi connectivity index (χ1n) is 32.5. The van der Waals surface area contributed by atoms with Gasteiger partial charge in [-0.05, 0) is 196 Å². The van der Waals surface area contributed by atoms with Gasteiger partial charge >= 0.3 is 36.1 Å². The number of halogens is 12. The molecule has 4 heterocycles. The number of benzene rings is 6. The third-order valence-corrected chi connectivity index (χ3v) is 19.9. The van der Waals surface area contributed by atoms with Crippen LogP contribution in [0, 0.1) is 0 Å². The number of hydrogen-bond donors (Lipinski definition) is 8. The van der Waals surface area contributed by atoms with E-state index in [1.807, 2.05) is 36.4 Å². The molecule has 4 bridgehead atoms.